The van der Waals surface area contributed by atoms with Crippen molar-refractivity contribution >= 4 is 29.2 Å². The average Bonchev–Trinajstić information content (AvgIpc) is 3.38. The zero-order valence-corrected chi connectivity index (χ0v) is 14.6. The van der Waals surface area contributed by atoms with E-state index < -0.39 is 5.97 Å². The van der Waals surface area contributed by atoms with E-state index in [1.807, 2.05) is 6.92 Å². The van der Waals surface area contributed by atoms with Gasteiger partial charge in [-0.1, -0.05) is 19.1 Å². The number of carbonyl (C=O) groups excluding carboxylic acids is 3. The van der Waals surface area contributed by atoms with Gasteiger partial charge >= 0.3 is 5.97 Å². The van der Waals surface area contributed by atoms with E-state index >= 15 is 0 Å². The first-order chi connectivity index (χ1) is 12.5. The van der Waals surface area contributed by atoms with Crippen molar-refractivity contribution in [2.45, 2.75) is 13.3 Å². The number of carbonyl (C=O) groups is 3. The summed E-state index contributed by atoms with van der Waals surface area (Å²) in [5.41, 5.74) is 1.84. The SMILES string of the molecule is COC(=O)c1cccc(NC(=O)c2cccc(NC(=O)[C@@H]3C[C@@H]3C)c2)c1. The minimum Gasteiger partial charge on any atom is -0.465 e. The topological polar surface area (TPSA) is 84.5 Å². The normalized spacial score (nSPS) is 17.9. The second-order valence-electron chi connectivity index (χ2n) is 6.42. The number of hydrogen-bond donors (Lipinski definition) is 2. The van der Waals surface area contributed by atoms with Gasteiger partial charge in [0.25, 0.3) is 5.91 Å². The average molecular weight is 352 g/mol. The van der Waals surface area contributed by atoms with Crippen molar-refractivity contribution in [3.8, 4) is 0 Å². The highest BCUT2D eigenvalue weighted by molar-refractivity contribution is 6.06. The molecule has 0 bridgehead atoms. The minimum absolute atomic E-state index is 0.0131. The molecule has 2 aromatic carbocycles. The van der Waals surface area contributed by atoms with Gasteiger partial charge < -0.3 is 15.4 Å². The molecular formula is C20H20N2O4. The van der Waals surface area contributed by atoms with E-state index in [0.717, 1.165) is 6.42 Å². The van der Waals surface area contributed by atoms with Crippen molar-refractivity contribution in [2.75, 3.05) is 17.7 Å². The lowest BCUT2D eigenvalue weighted by molar-refractivity contribution is -0.117. The Hall–Kier alpha value is -3.15. The number of anilines is 2. The van der Waals surface area contributed by atoms with Gasteiger partial charge in [0, 0.05) is 22.9 Å². The molecular weight excluding hydrogens is 332 g/mol. The van der Waals surface area contributed by atoms with Crippen LogP contribution in [-0.2, 0) is 9.53 Å². The molecule has 0 unspecified atom stereocenters. The molecule has 0 saturated heterocycles. The summed E-state index contributed by atoms with van der Waals surface area (Å²) in [6.45, 7) is 2.04. The van der Waals surface area contributed by atoms with Crippen LogP contribution in [0.1, 0.15) is 34.1 Å². The molecule has 2 atom stereocenters. The molecule has 1 aliphatic carbocycles. The lowest BCUT2D eigenvalue weighted by atomic mass is 10.1. The van der Waals surface area contributed by atoms with Crippen LogP contribution in [-0.4, -0.2) is 24.9 Å². The maximum atomic E-state index is 12.5. The van der Waals surface area contributed by atoms with Crippen LogP contribution >= 0.6 is 0 Å². The van der Waals surface area contributed by atoms with Gasteiger partial charge in [-0.2, -0.15) is 0 Å². The van der Waals surface area contributed by atoms with Crippen LogP contribution in [0.3, 0.4) is 0 Å². The fourth-order valence-corrected chi connectivity index (χ4v) is 2.71. The highest BCUT2D eigenvalue weighted by Gasteiger charge is 2.39. The summed E-state index contributed by atoms with van der Waals surface area (Å²) < 4.78 is 4.67. The van der Waals surface area contributed by atoms with E-state index in [9.17, 15) is 14.4 Å². The molecule has 0 spiro atoms. The molecule has 6 heteroatoms. The van der Waals surface area contributed by atoms with Gasteiger partial charge in [0.15, 0.2) is 0 Å². The number of rotatable bonds is 5. The van der Waals surface area contributed by atoms with Crippen LogP contribution < -0.4 is 10.6 Å². The Kier molecular flexibility index (Phi) is 5.02. The van der Waals surface area contributed by atoms with Crippen molar-refractivity contribution < 1.29 is 19.1 Å². The molecule has 134 valence electrons. The fourth-order valence-electron chi connectivity index (χ4n) is 2.71. The Morgan fingerprint density at radius 3 is 2.15 bits per heavy atom. The second kappa shape index (κ2) is 7.39. The van der Waals surface area contributed by atoms with Crippen molar-refractivity contribution in [2.24, 2.45) is 11.8 Å². The summed E-state index contributed by atoms with van der Waals surface area (Å²) in [6, 6.07) is 13.3. The molecule has 0 aliphatic heterocycles. The third-order valence-electron chi connectivity index (χ3n) is 4.38. The number of methoxy groups -OCH3 is 1. The summed E-state index contributed by atoms with van der Waals surface area (Å²) in [7, 11) is 1.30. The summed E-state index contributed by atoms with van der Waals surface area (Å²) in [5, 5.41) is 5.59. The number of nitrogens with one attached hydrogen (secondary N) is 2. The van der Waals surface area contributed by atoms with E-state index in [-0.39, 0.29) is 17.7 Å². The second-order valence-corrected chi connectivity index (χ2v) is 6.42. The van der Waals surface area contributed by atoms with Gasteiger partial charge in [0.2, 0.25) is 5.91 Å². The highest BCUT2D eigenvalue weighted by Crippen LogP contribution is 2.38. The molecule has 0 heterocycles. The van der Waals surface area contributed by atoms with Crippen LogP contribution in [0.4, 0.5) is 11.4 Å². The number of ether oxygens (including phenoxy) is 1. The standard InChI is InChI=1S/C20H20N2O4/c1-12-9-17(12)19(24)22-15-7-3-5-13(10-15)18(23)21-16-8-4-6-14(11-16)20(25)26-2/h3-8,10-12,17H,9H2,1-2H3,(H,21,23)(H,22,24)/t12-,17+/m0/s1. The van der Waals surface area contributed by atoms with Gasteiger partial charge in [-0.05, 0) is 48.7 Å². The van der Waals surface area contributed by atoms with Crippen LogP contribution in [0.15, 0.2) is 48.5 Å². The number of amides is 2. The largest absolute Gasteiger partial charge is 0.465 e. The number of benzene rings is 2. The first-order valence-electron chi connectivity index (χ1n) is 8.38. The molecule has 1 aliphatic rings. The molecule has 1 fully saturated rings. The monoisotopic (exact) mass is 352 g/mol. The Labute approximate surface area is 151 Å². The summed E-state index contributed by atoms with van der Waals surface area (Å²) >= 11 is 0. The Bertz CT molecular complexity index is 862. The van der Waals surface area contributed by atoms with Crippen LogP contribution in [0.2, 0.25) is 0 Å². The third kappa shape index (κ3) is 4.08. The fraction of sp³-hybridized carbons (Fsp3) is 0.250. The summed E-state index contributed by atoms with van der Waals surface area (Å²) in [6.07, 6.45) is 0.905. The lowest BCUT2D eigenvalue weighted by Gasteiger charge is -2.09. The predicted molar refractivity (Wildman–Crippen MR) is 98.1 cm³/mol. The molecule has 2 aromatic rings. The first-order valence-corrected chi connectivity index (χ1v) is 8.38. The number of hydrogen-bond acceptors (Lipinski definition) is 4. The zero-order chi connectivity index (χ0) is 18.7. The van der Waals surface area contributed by atoms with Crippen LogP contribution in [0.25, 0.3) is 0 Å². The van der Waals surface area contributed by atoms with E-state index in [0.29, 0.717) is 28.4 Å². The van der Waals surface area contributed by atoms with Crippen LogP contribution in [0, 0.1) is 11.8 Å². The van der Waals surface area contributed by atoms with Gasteiger partial charge in [0.1, 0.15) is 0 Å². The molecule has 0 aromatic heterocycles. The van der Waals surface area contributed by atoms with Crippen molar-refractivity contribution in [1.82, 2.24) is 0 Å². The molecule has 2 N–H and O–H groups in total. The van der Waals surface area contributed by atoms with Crippen LogP contribution in [0.5, 0.6) is 0 Å². The maximum Gasteiger partial charge on any atom is 0.337 e. The quantitative estimate of drug-likeness (QED) is 0.809. The molecule has 26 heavy (non-hydrogen) atoms. The first kappa shape index (κ1) is 17.7. The Morgan fingerprint density at radius 2 is 1.54 bits per heavy atom. The van der Waals surface area contributed by atoms with Gasteiger partial charge in [-0.15, -0.1) is 0 Å². The number of esters is 1. The Balaban J connectivity index is 1.69. The molecule has 6 nitrogen and oxygen atoms in total. The smallest absolute Gasteiger partial charge is 0.337 e. The van der Waals surface area contributed by atoms with E-state index in [2.05, 4.69) is 15.4 Å². The molecule has 0 radical (unpaired) electrons. The highest BCUT2D eigenvalue weighted by atomic mass is 16.5. The maximum absolute atomic E-state index is 12.5. The molecule has 3 rings (SSSR count). The summed E-state index contributed by atoms with van der Waals surface area (Å²) in [4.78, 5) is 36.1. The lowest BCUT2D eigenvalue weighted by Crippen LogP contribution is -2.16. The summed E-state index contributed by atoms with van der Waals surface area (Å²) in [5.74, 6) is -0.332. The van der Waals surface area contributed by atoms with Crippen molar-refractivity contribution in [3.63, 3.8) is 0 Å². The van der Waals surface area contributed by atoms with Gasteiger partial charge in [0.05, 0.1) is 12.7 Å². The van der Waals surface area contributed by atoms with E-state index in [1.54, 1.807) is 48.5 Å². The van der Waals surface area contributed by atoms with Gasteiger partial charge in [-0.25, -0.2) is 4.79 Å². The zero-order valence-electron chi connectivity index (χ0n) is 14.6. The predicted octanol–water partition coefficient (Wildman–Crippen LogP) is 3.32. The Morgan fingerprint density at radius 1 is 0.962 bits per heavy atom. The van der Waals surface area contributed by atoms with E-state index in [4.69, 9.17) is 0 Å². The minimum atomic E-state index is -0.472. The third-order valence-corrected chi connectivity index (χ3v) is 4.38. The van der Waals surface area contributed by atoms with Gasteiger partial charge in [-0.3, -0.25) is 9.59 Å². The molecule has 2 amide bonds. The van der Waals surface area contributed by atoms with Crippen molar-refractivity contribution in [3.05, 3.63) is 59.7 Å². The molecule has 1 saturated carbocycles. The van der Waals surface area contributed by atoms with Crippen molar-refractivity contribution in [1.29, 1.82) is 0 Å². The van der Waals surface area contributed by atoms with E-state index in [1.165, 1.54) is 7.11 Å².